The molecule has 0 radical (unpaired) electrons. The van der Waals surface area contributed by atoms with Crippen LogP contribution in [0.2, 0.25) is 0 Å². The third kappa shape index (κ3) is 2.97. The molecule has 0 aliphatic heterocycles. The van der Waals surface area contributed by atoms with Gasteiger partial charge < -0.3 is 10.2 Å². The van der Waals surface area contributed by atoms with Gasteiger partial charge in [-0.25, -0.2) is 4.98 Å². The molecule has 2 rings (SSSR count). The molecule has 2 aromatic heterocycles. The Labute approximate surface area is 108 Å². The van der Waals surface area contributed by atoms with E-state index in [0.29, 0.717) is 6.54 Å². The molecule has 94 valence electrons. The molecule has 0 saturated heterocycles. The monoisotopic (exact) mass is 242 g/mol. The first kappa shape index (κ1) is 12.4. The number of hydrogen-bond acceptors (Lipinski definition) is 4. The van der Waals surface area contributed by atoms with Crippen LogP contribution in [0.3, 0.4) is 0 Å². The summed E-state index contributed by atoms with van der Waals surface area (Å²) in [7, 11) is 3.99. The normalized spacial score (nSPS) is 10.2. The summed E-state index contributed by atoms with van der Waals surface area (Å²) in [6.07, 6.45) is 1.80. The molecular weight excluding hydrogens is 224 g/mol. The number of nitrogens with zero attached hydrogens (tertiary/aromatic N) is 3. The average Bonchev–Trinajstić information content (AvgIpc) is 2.38. The zero-order valence-electron chi connectivity index (χ0n) is 11.0. The van der Waals surface area contributed by atoms with Crippen molar-refractivity contribution in [2.75, 3.05) is 24.3 Å². The van der Waals surface area contributed by atoms with Gasteiger partial charge in [0.25, 0.3) is 0 Å². The second-order valence-corrected chi connectivity index (χ2v) is 4.39. The molecular formula is C14H18N4. The quantitative estimate of drug-likeness (QED) is 0.894. The Balaban J connectivity index is 2.14. The van der Waals surface area contributed by atoms with Crippen molar-refractivity contribution in [2.24, 2.45) is 0 Å². The van der Waals surface area contributed by atoms with E-state index in [2.05, 4.69) is 21.4 Å². The standard InChI is InChI=1S/C14H18N4/c1-11-7-8-13(14(17-11)18(2)3)16-10-12-6-4-5-9-15-12/h4-9,16H,10H2,1-3H3. The van der Waals surface area contributed by atoms with Crippen LogP contribution >= 0.6 is 0 Å². The molecule has 18 heavy (non-hydrogen) atoms. The molecule has 0 aromatic carbocycles. The highest BCUT2D eigenvalue weighted by molar-refractivity contribution is 5.65. The topological polar surface area (TPSA) is 41.1 Å². The lowest BCUT2D eigenvalue weighted by Crippen LogP contribution is -2.14. The fraction of sp³-hybridized carbons (Fsp3) is 0.286. The average molecular weight is 242 g/mol. The Bertz CT molecular complexity index is 508. The van der Waals surface area contributed by atoms with E-state index in [-0.39, 0.29) is 0 Å². The van der Waals surface area contributed by atoms with Crippen LogP contribution in [0.15, 0.2) is 36.5 Å². The highest BCUT2D eigenvalue weighted by Crippen LogP contribution is 2.22. The number of hydrogen-bond donors (Lipinski definition) is 1. The van der Waals surface area contributed by atoms with E-state index < -0.39 is 0 Å². The molecule has 0 saturated carbocycles. The maximum atomic E-state index is 4.53. The van der Waals surface area contributed by atoms with E-state index in [1.54, 1.807) is 6.20 Å². The molecule has 1 N–H and O–H groups in total. The molecule has 0 bridgehead atoms. The summed E-state index contributed by atoms with van der Waals surface area (Å²) in [5.74, 6) is 0.950. The molecule has 2 heterocycles. The lowest BCUT2D eigenvalue weighted by atomic mass is 10.3. The number of aryl methyl sites for hydroxylation is 1. The second-order valence-electron chi connectivity index (χ2n) is 4.39. The van der Waals surface area contributed by atoms with Crippen LogP contribution < -0.4 is 10.2 Å². The summed E-state index contributed by atoms with van der Waals surface area (Å²) in [4.78, 5) is 10.8. The van der Waals surface area contributed by atoms with Gasteiger partial charge in [0, 0.05) is 26.0 Å². The molecule has 0 aliphatic rings. The molecule has 0 aliphatic carbocycles. The smallest absolute Gasteiger partial charge is 0.151 e. The fourth-order valence-corrected chi connectivity index (χ4v) is 1.71. The van der Waals surface area contributed by atoms with Crippen LogP contribution in [0, 0.1) is 6.92 Å². The van der Waals surface area contributed by atoms with Gasteiger partial charge >= 0.3 is 0 Å². The minimum Gasteiger partial charge on any atom is -0.376 e. The van der Waals surface area contributed by atoms with E-state index in [9.17, 15) is 0 Å². The Hall–Kier alpha value is -2.10. The Morgan fingerprint density at radius 2 is 2.00 bits per heavy atom. The largest absolute Gasteiger partial charge is 0.376 e. The van der Waals surface area contributed by atoms with Crippen LogP contribution in [0.1, 0.15) is 11.4 Å². The van der Waals surface area contributed by atoms with Gasteiger partial charge in [-0.05, 0) is 31.2 Å². The SMILES string of the molecule is Cc1ccc(NCc2ccccn2)c(N(C)C)n1. The first-order chi connectivity index (χ1) is 8.66. The Kier molecular flexibility index (Phi) is 3.77. The molecule has 2 aromatic rings. The number of aromatic nitrogens is 2. The maximum Gasteiger partial charge on any atom is 0.151 e. The van der Waals surface area contributed by atoms with E-state index in [4.69, 9.17) is 0 Å². The van der Waals surface area contributed by atoms with Gasteiger partial charge in [0.2, 0.25) is 0 Å². The van der Waals surface area contributed by atoms with E-state index in [0.717, 1.165) is 22.9 Å². The Morgan fingerprint density at radius 1 is 1.17 bits per heavy atom. The Morgan fingerprint density at radius 3 is 2.67 bits per heavy atom. The summed E-state index contributed by atoms with van der Waals surface area (Å²) in [5, 5.41) is 3.37. The molecule has 0 unspecified atom stereocenters. The number of anilines is 2. The van der Waals surface area contributed by atoms with Crippen molar-refractivity contribution in [1.29, 1.82) is 0 Å². The third-order valence-corrected chi connectivity index (χ3v) is 2.62. The zero-order valence-corrected chi connectivity index (χ0v) is 11.0. The zero-order chi connectivity index (χ0) is 13.0. The highest BCUT2D eigenvalue weighted by atomic mass is 15.2. The van der Waals surface area contributed by atoms with Crippen LogP contribution in [0.5, 0.6) is 0 Å². The summed E-state index contributed by atoms with van der Waals surface area (Å²) >= 11 is 0. The molecule has 4 heteroatoms. The van der Waals surface area contributed by atoms with E-state index in [1.807, 2.05) is 50.2 Å². The predicted octanol–water partition coefficient (Wildman–Crippen LogP) is 2.46. The number of pyridine rings is 2. The van der Waals surface area contributed by atoms with Crippen LogP contribution in [0.4, 0.5) is 11.5 Å². The van der Waals surface area contributed by atoms with Gasteiger partial charge in [0.15, 0.2) is 5.82 Å². The predicted molar refractivity (Wildman–Crippen MR) is 74.9 cm³/mol. The van der Waals surface area contributed by atoms with Crippen molar-refractivity contribution in [3.8, 4) is 0 Å². The fourth-order valence-electron chi connectivity index (χ4n) is 1.71. The van der Waals surface area contributed by atoms with Crippen molar-refractivity contribution in [3.63, 3.8) is 0 Å². The first-order valence-corrected chi connectivity index (χ1v) is 5.95. The lowest BCUT2D eigenvalue weighted by Gasteiger charge is -2.17. The van der Waals surface area contributed by atoms with Gasteiger partial charge in [-0.15, -0.1) is 0 Å². The van der Waals surface area contributed by atoms with Crippen LogP contribution in [0.25, 0.3) is 0 Å². The highest BCUT2D eigenvalue weighted by Gasteiger charge is 2.06. The molecule has 0 fully saturated rings. The summed E-state index contributed by atoms with van der Waals surface area (Å²) in [6, 6.07) is 9.98. The van der Waals surface area contributed by atoms with Crippen LogP contribution in [-0.2, 0) is 6.54 Å². The van der Waals surface area contributed by atoms with Crippen molar-refractivity contribution >= 4 is 11.5 Å². The minimum absolute atomic E-state index is 0.701. The van der Waals surface area contributed by atoms with Gasteiger partial charge in [0.05, 0.1) is 17.9 Å². The first-order valence-electron chi connectivity index (χ1n) is 5.95. The molecule has 4 nitrogen and oxygen atoms in total. The summed E-state index contributed by atoms with van der Waals surface area (Å²) in [6.45, 7) is 2.70. The van der Waals surface area contributed by atoms with Crippen molar-refractivity contribution in [2.45, 2.75) is 13.5 Å². The van der Waals surface area contributed by atoms with E-state index >= 15 is 0 Å². The van der Waals surface area contributed by atoms with Gasteiger partial charge in [-0.1, -0.05) is 6.07 Å². The maximum absolute atomic E-state index is 4.53. The lowest BCUT2D eigenvalue weighted by molar-refractivity contribution is 1.01. The van der Waals surface area contributed by atoms with Crippen molar-refractivity contribution < 1.29 is 0 Å². The minimum atomic E-state index is 0.701. The summed E-state index contributed by atoms with van der Waals surface area (Å²) < 4.78 is 0. The van der Waals surface area contributed by atoms with Gasteiger partial charge in [0.1, 0.15) is 0 Å². The summed E-state index contributed by atoms with van der Waals surface area (Å²) in [5.41, 5.74) is 3.06. The van der Waals surface area contributed by atoms with E-state index in [1.165, 1.54) is 0 Å². The van der Waals surface area contributed by atoms with Crippen LogP contribution in [-0.4, -0.2) is 24.1 Å². The van der Waals surface area contributed by atoms with Gasteiger partial charge in [-0.2, -0.15) is 0 Å². The number of rotatable bonds is 4. The third-order valence-electron chi connectivity index (χ3n) is 2.62. The van der Waals surface area contributed by atoms with Gasteiger partial charge in [-0.3, -0.25) is 4.98 Å². The molecule has 0 spiro atoms. The molecule has 0 amide bonds. The van der Waals surface area contributed by atoms with Crippen molar-refractivity contribution in [3.05, 3.63) is 47.9 Å². The second kappa shape index (κ2) is 5.49. The number of nitrogens with one attached hydrogen (secondary N) is 1. The van der Waals surface area contributed by atoms with Crippen molar-refractivity contribution in [1.82, 2.24) is 9.97 Å². The molecule has 0 atom stereocenters.